The highest BCUT2D eigenvalue weighted by Crippen LogP contribution is 2.20. The molecular weight excluding hydrogens is 205 g/mol. The van der Waals surface area contributed by atoms with Crippen LogP contribution in [0.4, 0.5) is 4.39 Å². The number of nitrogens with two attached hydrogens (primary N) is 1. The Morgan fingerprint density at radius 3 is 2.56 bits per heavy atom. The lowest BCUT2D eigenvalue weighted by molar-refractivity contribution is 0.207. The normalized spacial score (nSPS) is 14.6. The minimum absolute atomic E-state index is 0.0359. The van der Waals surface area contributed by atoms with Crippen molar-refractivity contribution in [2.45, 2.75) is 45.8 Å². The Bertz CT molecular complexity index is 339. The summed E-state index contributed by atoms with van der Waals surface area (Å²) in [6, 6.07) is 5.09. The van der Waals surface area contributed by atoms with Gasteiger partial charge >= 0.3 is 0 Å². The Morgan fingerprint density at radius 1 is 1.38 bits per heavy atom. The fraction of sp³-hybridized carbons (Fsp3) is 0.538. The Hall–Kier alpha value is -1.09. The predicted molar refractivity (Wildman–Crippen MR) is 64.1 cm³/mol. The smallest absolute Gasteiger partial charge is 0.165 e. The van der Waals surface area contributed by atoms with Gasteiger partial charge in [0.25, 0.3) is 0 Å². The number of hydrogen-bond acceptors (Lipinski definition) is 2. The van der Waals surface area contributed by atoms with Gasteiger partial charge in [0.2, 0.25) is 0 Å². The highest BCUT2D eigenvalue weighted by molar-refractivity contribution is 5.30. The maximum Gasteiger partial charge on any atom is 0.165 e. The van der Waals surface area contributed by atoms with Crippen molar-refractivity contribution < 1.29 is 9.13 Å². The second-order valence-corrected chi connectivity index (χ2v) is 4.28. The van der Waals surface area contributed by atoms with E-state index < -0.39 is 0 Å². The van der Waals surface area contributed by atoms with Crippen molar-refractivity contribution in [1.29, 1.82) is 0 Å². The van der Waals surface area contributed by atoms with E-state index in [1.165, 1.54) is 6.07 Å². The fourth-order valence-corrected chi connectivity index (χ4v) is 1.44. The number of benzene rings is 1. The van der Waals surface area contributed by atoms with E-state index >= 15 is 0 Å². The summed E-state index contributed by atoms with van der Waals surface area (Å²) in [4.78, 5) is 0. The first-order valence-corrected chi connectivity index (χ1v) is 5.73. The standard InChI is InChI=1S/C13H20FNO/c1-4-10(3)16-13-6-5-11(7-9(2)15)8-12(13)14/h5-6,8-10H,4,7,15H2,1-3H3. The maximum atomic E-state index is 13.6. The quantitative estimate of drug-likeness (QED) is 0.836. The zero-order valence-electron chi connectivity index (χ0n) is 10.2. The van der Waals surface area contributed by atoms with E-state index in [4.69, 9.17) is 10.5 Å². The molecule has 0 aliphatic heterocycles. The van der Waals surface area contributed by atoms with E-state index in [0.29, 0.717) is 12.2 Å². The van der Waals surface area contributed by atoms with E-state index in [1.807, 2.05) is 26.8 Å². The molecule has 0 radical (unpaired) electrons. The third-order valence-electron chi connectivity index (χ3n) is 2.46. The first-order chi connectivity index (χ1) is 7.52. The average Bonchev–Trinajstić information content (AvgIpc) is 2.21. The van der Waals surface area contributed by atoms with Crippen LogP contribution in [-0.2, 0) is 6.42 Å². The Labute approximate surface area is 96.6 Å². The number of rotatable bonds is 5. The molecule has 0 aliphatic carbocycles. The van der Waals surface area contributed by atoms with Crippen LogP contribution >= 0.6 is 0 Å². The molecule has 0 aliphatic rings. The number of halogens is 1. The topological polar surface area (TPSA) is 35.2 Å². The number of ether oxygens (including phenoxy) is 1. The molecule has 3 heteroatoms. The maximum absolute atomic E-state index is 13.6. The van der Waals surface area contributed by atoms with Crippen molar-refractivity contribution in [1.82, 2.24) is 0 Å². The Kier molecular flexibility index (Phi) is 4.74. The van der Waals surface area contributed by atoms with Crippen LogP contribution in [0.15, 0.2) is 18.2 Å². The molecule has 2 N–H and O–H groups in total. The van der Waals surface area contributed by atoms with Crippen LogP contribution in [0.5, 0.6) is 5.75 Å². The van der Waals surface area contributed by atoms with Crippen molar-refractivity contribution >= 4 is 0 Å². The lowest BCUT2D eigenvalue weighted by atomic mass is 10.1. The third-order valence-corrected chi connectivity index (χ3v) is 2.46. The lowest BCUT2D eigenvalue weighted by Gasteiger charge is -2.14. The Morgan fingerprint density at radius 2 is 2.06 bits per heavy atom. The fourth-order valence-electron chi connectivity index (χ4n) is 1.44. The minimum Gasteiger partial charge on any atom is -0.488 e. The zero-order valence-corrected chi connectivity index (χ0v) is 10.2. The summed E-state index contributed by atoms with van der Waals surface area (Å²) in [7, 11) is 0. The van der Waals surface area contributed by atoms with E-state index in [9.17, 15) is 4.39 Å². The van der Waals surface area contributed by atoms with Crippen molar-refractivity contribution in [2.75, 3.05) is 0 Å². The van der Waals surface area contributed by atoms with E-state index in [1.54, 1.807) is 6.07 Å². The summed E-state index contributed by atoms with van der Waals surface area (Å²) in [6.07, 6.45) is 1.58. The SMILES string of the molecule is CCC(C)Oc1ccc(CC(C)N)cc1F. The molecule has 0 saturated carbocycles. The second-order valence-electron chi connectivity index (χ2n) is 4.28. The summed E-state index contributed by atoms with van der Waals surface area (Å²) in [5, 5.41) is 0. The van der Waals surface area contributed by atoms with Gasteiger partial charge in [-0.1, -0.05) is 13.0 Å². The molecule has 16 heavy (non-hydrogen) atoms. The van der Waals surface area contributed by atoms with Gasteiger partial charge in [0, 0.05) is 6.04 Å². The van der Waals surface area contributed by atoms with Crippen LogP contribution in [0.25, 0.3) is 0 Å². The molecule has 0 fully saturated rings. The molecule has 2 atom stereocenters. The molecule has 0 heterocycles. The van der Waals surface area contributed by atoms with Crippen LogP contribution < -0.4 is 10.5 Å². The number of hydrogen-bond donors (Lipinski definition) is 1. The van der Waals surface area contributed by atoms with Crippen molar-refractivity contribution in [2.24, 2.45) is 5.73 Å². The Balaban J connectivity index is 2.75. The van der Waals surface area contributed by atoms with Crippen molar-refractivity contribution in [3.63, 3.8) is 0 Å². The van der Waals surface area contributed by atoms with Gasteiger partial charge in [0.15, 0.2) is 11.6 Å². The van der Waals surface area contributed by atoms with Gasteiger partial charge < -0.3 is 10.5 Å². The second kappa shape index (κ2) is 5.85. The summed E-state index contributed by atoms with van der Waals surface area (Å²) in [6.45, 7) is 5.84. The molecule has 0 aromatic heterocycles. The summed E-state index contributed by atoms with van der Waals surface area (Å²) in [5.41, 5.74) is 6.57. The zero-order chi connectivity index (χ0) is 12.1. The molecule has 90 valence electrons. The molecule has 0 spiro atoms. The molecular formula is C13H20FNO. The third kappa shape index (κ3) is 3.81. The molecule has 1 aromatic rings. The summed E-state index contributed by atoms with van der Waals surface area (Å²) in [5.74, 6) is 0.0150. The molecule has 2 unspecified atom stereocenters. The van der Waals surface area contributed by atoms with Crippen LogP contribution in [0.2, 0.25) is 0 Å². The molecule has 1 rings (SSSR count). The van der Waals surface area contributed by atoms with Gasteiger partial charge in [0.1, 0.15) is 0 Å². The largest absolute Gasteiger partial charge is 0.488 e. The van der Waals surface area contributed by atoms with Gasteiger partial charge in [-0.25, -0.2) is 4.39 Å². The van der Waals surface area contributed by atoms with Gasteiger partial charge in [-0.15, -0.1) is 0 Å². The molecule has 0 saturated heterocycles. The average molecular weight is 225 g/mol. The molecule has 0 amide bonds. The van der Waals surface area contributed by atoms with Crippen molar-refractivity contribution in [3.05, 3.63) is 29.6 Å². The van der Waals surface area contributed by atoms with Crippen molar-refractivity contribution in [3.8, 4) is 5.75 Å². The molecule has 0 bridgehead atoms. The predicted octanol–water partition coefficient (Wildman–Crippen LogP) is 2.89. The molecule has 2 nitrogen and oxygen atoms in total. The summed E-state index contributed by atoms with van der Waals surface area (Å²) >= 11 is 0. The van der Waals surface area contributed by atoms with Gasteiger partial charge in [-0.3, -0.25) is 0 Å². The van der Waals surface area contributed by atoms with Gasteiger partial charge in [-0.2, -0.15) is 0 Å². The first-order valence-electron chi connectivity index (χ1n) is 5.73. The first kappa shape index (κ1) is 13.0. The highest BCUT2D eigenvalue weighted by atomic mass is 19.1. The van der Waals surface area contributed by atoms with E-state index in [2.05, 4.69) is 0 Å². The van der Waals surface area contributed by atoms with E-state index in [-0.39, 0.29) is 18.0 Å². The summed E-state index contributed by atoms with van der Waals surface area (Å²) < 4.78 is 19.1. The monoisotopic (exact) mass is 225 g/mol. The highest BCUT2D eigenvalue weighted by Gasteiger charge is 2.08. The van der Waals surface area contributed by atoms with Crippen LogP contribution in [0.1, 0.15) is 32.8 Å². The van der Waals surface area contributed by atoms with Crippen LogP contribution in [0, 0.1) is 5.82 Å². The van der Waals surface area contributed by atoms with Gasteiger partial charge in [0.05, 0.1) is 6.10 Å². The van der Waals surface area contributed by atoms with Crippen LogP contribution in [0.3, 0.4) is 0 Å². The van der Waals surface area contributed by atoms with Crippen LogP contribution in [-0.4, -0.2) is 12.1 Å². The van der Waals surface area contributed by atoms with E-state index in [0.717, 1.165) is 12.0 Å². The lowest BCUT2D eigenvalue weighted by Crippen LogP contribution is -2.18. The minimum atomic E-state index is -0.307. The molecule has 1 aromatic carbocycles. The van der Waals surface area contributed by atoms with Gasteiger partial charge in [-0.05, 0) is 44.4 Å².